The number of ether oxygens (including phenoxy) is 1. The van der Waals surface area contributed by atoms with E-state index in [1.165, 1.54) is 12.1 Å². The number of benzene rings is 1. The third-order valence-electron chi connectivity index (χ3n) is 3.29. The lowest BCUT2D eigenvalue weighted by Crippen LogP contribution is -2.45. The molecule has 108 valence electrons. The van der Waals surface area contributed by atoms with Crippen molar-refractivity contribution < 1.29 is 14.5 Å². The molecule has 0 aromatic heterocycles. The summed E-state index contributed by atoms with van der Waals surface area (Å²) >= 11 is 3.16. The van der Waals surface area contributed by atoms with E-state index in [0.29, 0.717) is 25.3 Å². The fourth-order valence-corrected chi connectivity index (χ4v) is 2.73. The Kier molecular flexibility index (Phi) is 4.72. The predicted molar refractivity (Wildman–Crippen MR) is 76.7 cm³/mol. The van der Waals surface area contributed by atoms with E-state index in [9.17, 15) is 14.9 Å². The van der Waals surface area contributed by atoms with E-state index in [1.54, 1.807) is 11.0 Å². The summed E-state index contributed by atoms with van der Waals surface area (Å²) in [5.41, 5.74) is 0.215. The Balaban J connectivity index is 2.25. The maximum Gasteiger partial charge on any atom is 0.284 e. The van der Waals surface area contributed by atoms with Gasteiger partial charge in [-0.1, -0.05) is 13.0 Å². The largest absolute Gasteiger partial charge is 0.375 e. The van der Waals surface area contributed by atoms with E-state index >= 15 is 0 Å². The number of nitro benzene ring substituents is 1. The van der Waals surface area contributed by atoms with Crippen molar-refractivity contribution in [3.63, 3.8) is 0 Å². The molecule has 0 spiro atoms. The van der Waals surface area contributed by atoms with Gasteiger partial charge in [-0.2, -0.15) is 0 Å². The lowest BCUT2D eigenvalue weighted by Gasteiger charge is -2.32. The smallest absolute Gasteiger partial charge is 0.284 e. The van der Waals surface area contributed by atoms with Crippen LogP contribution in [0.2, 0.25) is 0 Å². The lowest BCUT2D eigenvalue weighted by molar-refractivity contribution is -0.385. The minimum absolute atomic E-state index is 0.0326. The van der Waals surface area contributed by atoms with Gasteiger partial charge in [0, 0.05) is 19.2 Å². The normalized spacial score (nSPS) is 18.9. The molecule has 7 heteroatoms. The molecule has 0 bridgehead atoms. The molecule has 1 heterocycles. The van der Waals surface area contributed by atoms with Crippen molar-refractivity contribution in [2.24, 2.45) is 0 Å². The summed E-state index contributed by atoms with van der Waals surface area (Å²) in [4.78, 5) is 24.6. The van der Waals surface area contributed by atoms with Gasteiger partial charge in [-0.05, 0) is 28.4 Å². The van der Waals surface area contributed by atoms with Gasteiger partial charge in [-0.3, -0.25) is 14.9 Å². The number of rotatable bonds is 3. The first-order valence-corrected chi connectivity index (χ1v) is 7.17. The average Bonchev–Trinajstić information content (AvgIpc) is 2.46. The number of nitro groups is 1. The van der Waals surface area contributed by atoms with Gasteiger partial charge in [0.1, 0.15) is 4.47 Å². The molecule has 0 saturated carbocycles. The minimum atomic E-state index is -0.505. The average molecular weight is 343 g/mol. The third kappa shape index (κ3) is 2.99. The number of carbonyl (C=O) groups is 1. The molecule has 1 amide bonds. The predicted octanol–water partition coefficient (Wildman–Crippen LogP) is 2.61. The molecule has 1 atom stereocenters. The Morgan fingerprint density at radius 2 is 2.35 bits per heavy atom. The van der Waals surface area contributed by atoms with Gasteiger partial charge < -0.3 is 9.64 Å². The standard InChI is InChI=1S/C13H15BrN2O4/c1-2-9-8-15(6-7-20-9)13(17)10-4-3-5-11(12(10)14)16(18)19/h3-5,9H,2,6-8H2,1H3. The highest BCUT2D eigenvalue weighted by molar-refractivity contribution is 9.10. The molecule has 1 aliphatic rings. The monoisotopic (exact) mass is 342 g/mol. The first-order chi connectivity index (χ1) is 9.54. The van der Waals surface area contributed by atoms with Crippen LogP contribution in [0.1, 0.15) is 23.7 Å². The number of hydrogen-bond donors (Lipinski definition) is 0. The maximum absolute atomic E-state index is 12.5. The van der Waals surface area contributed by atoms with Gasteiger partial charge in [0.05, 0.1) is 23.2 Å². The Morgan fingerprint density at radius 3 is 3.00 bits per heavy atom. The maximum atomic E-state index is 12.5. The molecule has 1 saturated heterocycles. The van der Waals surface area contributed by atoms with Crippen LogP contribution < -0.4 is 0 Å². The zero-order chi connectivity index (χ0) is 14.7. The van der Waals surface area contributed by atoms with E-state index < -0.39 is 4.92 Å². The Bertz CT molecular complexity index is 535. The number of nitrogens with zero attached hydrogens (tertiary/aromatic N) is 2. The molecule has 1 unspecified atom stereocenters. The van der Waals surface area contributed by atoms with Crippen molar-refractivity contribution in [2.75, 3.05) is 19.7 Å². The summed E-state index contributed by atoms with van der Waals surface area (Å²) in [5.74, 6) is -0.206. The first-order valence-electron chi connectivity index (χ1n) is 6.38. The topological polar surface area (TPSA) is 72.7 Å². The SMILES string of the molecule is CCC1CN(C(=O)c2cccc([N+](=O)[O-])c2Br)CCO1. The fraction of sp³-hybridized carbons (Fsp3) is 0.462. The van der Waals surface area contributed by atoms with Gasteiger partial charge in [0.2, 0.25) is 0 Å². The summed E-state index contributed by atoms with van der Waals surface area (Å²) in [6.45, 7) is 3.52. The van der Waals surface area contributed by atoms with Crippen LogP contribution in [0, 0.1) is 10.1 Å². The molecule has 6 nitrogen and oxygen atoms in total. The van der Waals surface area contributed by atoms with E-state index in [-0.39, 0.29) is 22.2 Å². The molecule has 1 aromatic carbocycles. The van der Waals surface area contributed by atoms with E-state index in [1.807, 2.05) is 6.92 Å². The highest BCUT2D eigenvalue weighted by atomic mass is 79.9. The van der Waals surface area contributed by atoms with Crippen LogP contribution in [0.25, 0.3) is 0 Å². The molecule has 2 rings (SSSR count). The van der Waals surface area contributed by atoms with E-state index in [2.05, 4.69) is 15.9 Å². The van der Waals surface area contributed by atoms with Crippen LogP contribution in [0.4, 0.5) is 5.69 Å². The number of carbonyl (C=O) groups excluding carboxylic acids is 1. The molecule has 1 aliphatic heterocycles. The number of morpholine rings is 1. The van der Waals surface area contributed by atoms with Gasteiger partial charge in [0.25, 0.3) is 11.6 Å². The van der Waals surface area contributed by atoms with E-state index in [4.69, 9.17) is 4.74 Å². The van der Waals surface area contributed by atoms with Gasteiger partial charge in [-0.15, -0.1) is 0 Å². The Morgan fingerprint density at radius 1 is 1.60 bits per heavy atom. The van der Waals surface area contributed by atoms with Crippen molar-refractivity contribution in [1.82, 2.24) is 4.90 Å². The third-order valence-corrected chi connectivity index (χ3v) is 4.12. The zero-order valence-corrected chi connectivity index (χ0v) is 12.6. The molecular weight excluding hydrogens is 328 g/mol. The molecule has 20 heavy (non-hydrogen) atoms. The summed E-state index contributed by atoms with van der Waals surface area (Å²) in [5, 5.41) is 10.9. The number of halogens is 1. The first kappa shape index (κ1) is 14.9. The van der Waals surface area contributed by atoms with Gasteiger partial charge in [-0.25, -0.2) is 0 Å². The van der Waals surface area contributed by atoms with Crippen molar-refractivity contribution in [3.8, 4) is 0 Å². The highest BCUT2D eigenvalue weighted by Crippen LogP contribution is 2.29. The lowest BCUT2D eigenvalue weighted by atomic mass is 10.1. The van der Waals surface area contributed by atoms with Crippen molar-refractivity contribution in [3.05, 3.63) is 38.3 Å². The van der Waals surface area contributed by atoms with E-state index in [0.717, 1.165) is 6.42 Å². The van der Waals surface area contributed by atoms with Crippen LogP contribution in [-0.4, -0.2) is 41.5 Å². The fourth-order valence-electron chi connectivity index (χ4n) is 2.15. The number of hydrogen-bond acceptors (Lipinski definition) is 4. The van der Waals surface area contributed by atoms with Crippen LogP contribution >= 0.6 is 15.9 Å². The summed E-state index contributed by atoms with van der Waals surface area (Å²) in [7, 11) is 0. The van der Waals surface area contributed by atoms with Gasteiger partial charge >= 0.3 is 0 Å². The summed E-state index contributed by atoms with van der Waals surface area (Å²) < 4.78 is 5.75. The quantitative estimate of drug-likeness (QED) is 0.625. The molecular formula is C13H15BrN2O4. The van der Waals surface area contributed by atoms with Crippen LogP contribution in [-0.2, 0) is 4.74 Å². The zero-order valence-electron chi connectivity index (χ0n) is 11.0. The van der Waals surface area contributed by atoms with Gasteiger partial charge in [0.15, 0.2) is 0 Å². The number of amides is 1. The second-order valence-electron chi connectivity index (χ2n) is 4.55. The van der Waals surface area contributed by atoms with Crippen LogP contribution in [0.15, 0.2) is 22.7 Å². The van der Waals surface area contributed by atoms with Crippen molar-refractivity contribution >= 4 is 27.5 Å². The second kappa shape index (κ2) is 6.32. The van der Waals surface area contributed by atoms with Crippen LogP contribution in [0.3, 0.4) is 0 Å². The van der Waals surface area contributed by atoms with Crippen molar-refractivity contribution in [1.29, 1.82) is 0 Å². The molecule has 0 N–H and O–H groups in total. The Hall–Kier alpha value is -1.47. The minimum Gasteiger partial charge on any atom is -0.375 e. The van der Waals surface area contributed by atoms with Crippen LogP contribution in [0.5, 0.6) is 0 Å². The molecule has 1 fully saturated rings. The van der Waals surface area contributed by atoms with Crippen molar-refractivity contribution in [2.45, 2.75) is 19.4 Å². The molecule has 0 aliphatic carbocycles. The molecule has 1 aromatic rings. The summed E-state index contributed by atoms with van der Waals surface area (Å²) in [6.07, 6.45) is 0.866. The molecule has 0 radical (unpaired) electrons. The summed E-state index contributed by atoms with van der Waals surface area (Å²) in [6, 6.07) is 4.48. The highest BCUT2D eigenvalue weighted by Gasteiger charge is 2.27. The Labute approximate surface area is 125 Å². The second-order valence-corrected chi connectivity index (χ2v) is 5.34.